The average Bonchev–Trinajstić information content (AvgIpc) is 2.99. The number of hydrogen-bond donors (Lipinski definition) is 1. The topological polar surface area (TPSA) is 38.0 Å². The van der Waals surface area contributed by atoms with Crippen molar-refractivity contribution < 1.29 is 9.50 Å². The number of hydrogen-bond acceptors (Lipinski definition) is 2. The van der Waals surface area contributed by atoms with E-state index >= 15 is 0 Å². The SMILES string of the molecule is CC12Cc3cnn(-c4ccc(F)cc4)c3C=C1CC[C@@H]2O. The van der Waals surface area contributed by atoms with E-state index in [1.165, 1.54) is 17.7 Å². The van der Waals surface area contributed by atoms with Gasteiger partial charge in [-0.15, -0.1) is 0 Å². The molecule has 0 aliphatic heterocycles. The second kappa shape index (κ2) is 4.28. The molecule has 1 saturated carbocycles. The van der Waals surface area contributed by atoms with Crippen molar-refractivity contribution in [1.82, 2.24) is 9.78 Å². The van der Waals surface area contributed by atoms with Crippen molar-refractivity contribution in [3.8, 4) is 5.69 Å². The van der Waals surface area contributed by atoms with Gasteiger partial charge in [-0.1, -0.05) is 12.5 Å². The first-order valence-electron chi connectivity index (χ1n) is 7.30. The number of aromatic nitrogens is 2. The highest BCUT2D eigenvalue weighted by atomic mass is 19.1. The standard InChI is InChI=1S/C17H17FN2O/c1-17-9-11-10-19-20(14-5-3-13(18)4-6-14)15(11)8-12(17)2-7-16(17)21/h3-6,8,10,16,21H,2,7,9H2,1H3/t16-,17?/m0/s1. The van der Waals surface area contributed by atoms with Gasteiger partial charge in [0, 0.05) is 5.41 Å². The van der Waals surface area contributed by atoms with E-state index in [0.29, 0.717) is 0 Å². The normalized spacial score (nSPS) is 27.2. The largest absolute Gasteiger partial charge is 0.392 e. The van der Waals surface area contributed by atoms with Gasteiger partial charge in [0.25, 0.3) is 0 Å². The Hall–Kier alpha value is -1.94. The molecule has 4 heteroatoms. The van der Waals surface area contributed by atoms with Crippen LogP contribution in [0.1, 0.15) is 31.0 Å². The third-order valence-corrected chi connectivity index (χ3v) is 4.98. The molecule has 2 aliphatic carbocycles. The summed E-state index contributed by atoms with van der Waals surface area (Å²) in [6, 6.07) is 6.36. The molecule has 0 radical (unpaired) electrons. The van der Waals surface area contributed by atoms with Gasteiger partial charge in [-0.25, -0.2) is 9.07 Å². The van der Waals surface area contributed by atoms with Crippen LogP contribution in [0.4, 0.5) is 4.39 Å². The molecule has 0 spiro atoms. The summed E-state index contributed by atoms with van der Waals surface area (Å²) in [4.78, 5) is 0. The summed E-state index contributed by atoms with van der Waals surface area (Å²) < 4.78 is 14.9. The van der Waals surface area contributed by atoms with Crippen LogP contribution in [0, 0.1) is 11.2 Å². The van der Waals surface area contributed by atoms with E-state index in [-0.39, 0.29) is 17.3 Å². The van der Waals surface area contributed by atoms with Crippen LogP contribution in [0.3, 0.4) is 0 Å². The molecule has 0 saturated heterocycles. The van der Waals surface area contributed by atoms with E-state index in [2.05, 4.69) is 18.1 Å². The second-order valence-electron chi connectivity index (χ2n) is 6.26. The molecule has 0 amide bonds. The summed E-state index contributed by atoms with van der Waals surface area (Å²) in [5.74, 6) is -0.246. The highest BCUT2D eigenvalue weighted by Gasteiger charge is 2.44. The highest BCUT2D eigenvalue weighted by Crippen LogP contribution is 2.49. The smallest absolute Gasteiger partial charge is 0.123 e. The Balaban J connectivity index is 1.82. The first kappa shape index (κ1) is 12.8. The molecule has 2 aromatic rings. The molecule has 4 rings (SSSR count). The quantitative estimate of drug-likeness (QED) is 0.873. The van der Waals surface area contributed by atoms with Crippen molar-refractivity contribution in [2.45, 2.75) is 32.3 Å². The van der Waals surface area contributed by atoms with Crippen LogP contribution in [-0.2, 0) is 6.42 Å². The zero-order chi connectivity index (χ0) is 14.6. The van der Waals surface area contributed by atoms with Crippen molar-refractivity contribution in [3.63, 3.8) is 0 Å². The molecular weight excluding hydrogens is 267 g/mol. The number of aliphatic hydroxyl groups is 1. The van der Waals surface area contributed by atoms with Gasteiger partial charge in [0.15, 0.2) is 0 Å². The zero-order valence-electron chi connectivity index (χ0n) is 11.9. The van der Waals surface area contributed by atoms with Crippen molar-refractivity contribution in [1.29, 1.82) is 0 Å². The first-order valence-corrected chi connectivity index (χ1v) is 7.30. The van der Waals surface area contributed by atoms with Crippen LogP contribution in [0.5, 0.6) is 0 Å². The lowest BCUT2D eigenvalue weighted by Crippen LogP contribution is -2.32. The van der Waals surface area contributed by atoms with Gasteiger partial charge >= 0.3 is 0 Å². The van der Waals surface area contributed by atoms with E-state index in [4.69, 9.17) is 0 Å². The van der Waals surface area contributed by atoms with Crippen LogP contribution < -0.4 is 0 Å². The number of nitrogens with zero attached hydrogens (tertiary/aromatic N) is 2. The van der Waals surface area contributed by atoms with Crippen LogP contribution in [0.2, 0.25) is 0 Å². The number of fused-ring (bicyclic) bond motifs is 2. The minimum Gasteiger partial charge on any atom is -0.392 e. The van der Waals surface area contributed by atoms with E-state index in [1.807, 2.05) is 10.9 Å². The third kappa shape index (κ3) is 1.79. The fourth-order valence-corrected chi connectivity index (χ4v) is 3.61. The average molecular weight is 284 g/mol. The van der Waals surface area contributed by atoms with Crippen molar-refractivity contribution >= 4 is 6.08 Å². The van der Waals surface area contributed by atoms with Gasteiger partial charge in [0.05, 0.1) is 23.7 Å². The lowest BCUT2D eigenvalue weighted by molar-refractivity contribution is 0.0836. The molecule has 2 atom stereocenters. The van der Waals surface area contributed by atoms with Gasteiger partial charge in [0.1, 0.15) is 5.82 Å². The number of rotatable bonds is 1. The molecule has 2 aliphatic rings. The molecule has 1 aromatic carbocycles. The van der Waals surface area contributed by atoms with Crippen molar-refractivity contribution in [2.75, 3.05) is 0 Å². The van der Waals surface area contributed by atoms with E-state index in [9.17, 15) is 9.50 Å². The van der Waals surface area contributed by atoms with Gasteiger partial charge in [-0.05, 0) is 55.2 Å². The van der Waals surface area contributed by atoms with Crippen LogP contribution >= 0.6 is 0 Å². The Morgan fingerprint density at radius 3 is 2.86 bits per heavy atom. The lowest BCUT2D eigenvalue weighted by atomic mass is 9.74. The molecule has 0 bridgehead atoms. The van der Waals surface area contributed by atoms with E-state index in [1.54, 1.807) is 12.1 Å². The van der Waals surface area contributed by atoms with Crippen LogP contribution in [-0.4, -0.2) is 21.0 Å². The Morgan fingerprint density at radius 1 is 1.33 bits per heavy atom. The minimum atomic E-state index is -0.272. The van der Waals surface area contributed by atoms with E-state index in [0.717, 1.165) is 36.2 Å². The second-order valence-corrected chi connectivity index (χ2v) is 6.26. The molecule has 3 nitrogen and oxygen atoms in total. The molecule has 108 valence electrons. The summed E-state index contributed by atoms with van der Waals surface area (Å²) in [5, 5.41) is 14.7. The summed E-state index contributed by atoms with van der Waals surface area (Å²) in [6.07, 6.45) is 6.33. The Labute approximate surface area is 122 Å². The third-order valence-electron chi connectivity index (χ3n) is 4.98. The van der Waals surface area contributed by atoms with Crippen LogP contribution in [0.15, 0.2) is 36.0 Å². The molecular formula is C17H17FN2O. The van der Waals surface area contributed by atoms with Gasteiger partial charge in [-0.2, -0.15) is 5.10 Å². The van der Waals surface area contributed by atoms with Gasteiger partial charge in [-0.3, -0.25) is 0 Å². The first-order chi connectivity index (χ1) is 10.1. The fourth-order valence-electron chi connectivity index (χ4n) is 3.61. The monoisotopic (exact) mass is 284 g/mol. The van der Waals surface area contributed by atoms with E-state index < -0.39 is 0 Å². The Bertz CT molecular complexity index is 732. The van der Waals surface area contributed by atoms with Gasteiger partial charge in [0.2, 0.25) is 0 Å². The van der Waals surface area contributed by atoms with Crippen molar-refractivity contribution in [2.24, 2.45) is 5.41 Å². The van der Waals surface area contributed by atoms with Crippen molar-refractivity contribution in [3.05, 3.63) is 53.1 Å². The summed E-state index contributed by atoms with van der Waals surface area (Å²) in [6.45, 7) is 2.13. The predicted molar refractivity (Wildman–Crippen MR) is 78.6 cm³/mol. The van der Waals surface area contributed by atoms with Gasteiger partial charge < -0.3 is 5.11 Å². The Morgan fingerprint density at radius 2 is 2.10 bits per heavy atom. The Kier molecular flexibility index (Phi) is 2.60. The number of aliphatic hydroxyl groups excluding tert-OH is 1. The summed E-state index contributed by atoms with van der Waals surface area (Å²) >= 11 is 0. The minimum absolute atomic E-state index is 0.149. The number of halogens is 1. The lowest BCUT2D eigenvalue weighted by Gasteiger charge is -2.33. The maximum Gasteiger partial charge on any atom is 0.123 e. The molecule has 1 aromatic heterocycles. The predicted octanol–water partition coefficient (Wildman–Crippen LogP) is 3.11. The molecule has 1 unspecified atom stereocenters. The van der Waals surface area contributed by atoms with Crippen LogP contribution in [0.25, 0.3) is 11.8 Å². The fraction of sp³-hybridized carbons (Fsp3) is 0.353. The maximum atomic E-state index is 13.1. The molecule has 1 heterocycles. The zero-order valence-corrected chi connectivity index (χ0v) is 11.9. The maximum absolute atomic E-state index is 13.1. The molecule has 21 heavy (non-hydrogen) atoms. The molecule has 1 N–H and O–H groups in total. The summed E-state index contributed by atoms with van der Waals surface area (Å²) in [5.41, 5.74) is 4.21. The molecule has 1 fully saturated rings. The number of benzene rings is 1. The highest BCUT2D eigenvalue weighted by molar-refractivity contribution is 5.62. The summed E-state index contributed by atoms with van der Waals surface area (Å²) in [7, 11) is 0.